The molecule has 0 fully saturated rings. The number of carboxylic acid groups (broad SMARTS) is 1. The van der Waals surface area contributed by atoms with Crippen LogP contribution in [0.1, 0.15) is 44.1 Å². The number of nitrogens with one attached hydrogen (secondary N) is 1. The van der Waals surface area contributed by atoms with Crippen molar-refractivity contribution in [3.8, 4) is 0 Å². The summed E-state index contributed by atoms with van der Waals surface area (Å²) in [7, 11) is 0. The minimum atomic E-state index is -0.919. The van der Waals surface area contributed by atoms with Gasteiger partial charge < -0.3 is 15.0 Å². The van der Waals surface area contributed by atoms with Gasteiger partial charge in [-0.3, -0.25) is 9.59 Å². The first-order valence-corrected chi connectivity index (χ1v) is 6.61. The molecule has 0 aliphatic carbocycles. The molecule has 5 nitrogen and oxygen atoms in total. The highest BCUT2D eigenvalue weighted by atomic mass is 16.4. The van der Waals surface area contributed by atoms with Crippen molar-refractivity contribution in [1.82, 2.24) is 9.88 Å². The summed E-state index contributed by atoms with van der Waals surface area (Å²) in [6.45, 7) is 6.40. The van der Waals surface area contributed by atoms with Crippen LogP contribution in [0.2, 0.25) is 0 Å². The zero-order valence-electron chi connectivity index (χ0n) is 11.8. The average molecular weight is 266 g/mol. The van der Waals surface area contributed by atoms with Gasteiger partial charge >= 0.3 is 5.97 Å². The highest BCUT2D eigenvalue weighted by Crippen LogP contribution is 2.20. The Morgan fingerprint density at radius 2 is 2.11 bits per heavy atom. The Bertz CT molecular complexity index is 453. The van der Waals surface area contributed by atoms with Crippen LogP contribution in [0.4, 0.5) is 0 Å². The number of carbonyl (C=O) groups excluding carboxylic acids is 1. The fourth-order valence-electron chi connectivity index (χ4n) is 1.77. The third-order valence-electron chi connectivity index (χ3n) is 3.46. The number of hydrogen-bond acceptors (Lipinski definition) is 2. The second-order valence-corrected chi connectivity index (χ2v) is 4.99. The topological polar surface area (TPSA) is 71.3 Å². The van der Waals surface area contributed by atoms with Crippen LogP contribution in [0, 0.1) is 5.41 Å². The number of rotatable bonds is 7. The maximum atomic E-state index is 12.1. The molecule has 1 aromatic heterocycles. The zero-order valence-corrected chi connectivity index (χ0v) is 11.8. The van der Waals surface area contributed by atoms with Gasteiger partial charge in [-0.2, -0.15) is 0 Å². The van der Waals surface area contributed by atoms with E-state index in [0.29, 0.717) is 12.1 Å². The Balaban J connectivity index is 2.70. The van der Waals surface area contributed by atoms with Crippen molar-refractivity contribution in [2.24, 2.45) is 5.41 Å². The maximum Gasteiger partial charge on any atom is 0.311 e. The minimum absolute atomic E-state index is 0.134. The summed E-state index contributed by atoms with van der Waals surface area (Å²) in [6, 6.07) is 3.57. The Hall–Kier alpha value is -1.78. The van der Waals surface area contributed by atoms with E-state index in [-0.39, 0.29) is 12.5 Å². The number of carboxylic acids is 1. The van der Waals surface area contributed by atoms with Crippen molar-refractivity contribution in [3.05, 3.63) is 24.0 Å². The van der Waals surface area contributed by atoms with Gasteiger partial charge in [-0.25, -0.2) is 0 Å². The van der Waals surface area contributed by atoms with Gasteiger partial charge in [0.15, 0.2) is 0 Å². The van der Waals surface area contributed by atoms with Crippen LogP contribution >= 0.6 is 0 Å². The van der Waals surface area contributed by atoms with Crippen LogP contribution in [-0.2, 0) is 11.3 Å². The predicted octanol–water partition coefficient (Wildman–Crippen LogP) is 2.13. The highest BCUT2D eigenvalue weighted by Gasteiger charge is 2.31. The standard InChI is InChI=1S/C14H22N2O3/c1-4-8-16-9-6-7-11(16)12(17)15-10-14(3,5-2)13(18)19/h6-7,9H,4-5,8,10H2,1-3H3,(H,15,17)(H,18,19). The van der Waals surface area contributed by atoms with Gasteiger partial charge in [-0.15, -0.1) is 0 Å². The summed E-state index contributed by atoms with van der Waals surface area (Å²) in [5.41, 5.74) is -0.344. The van der Waals surface area contributed by atoms with E-state index >= 15 is 0 Å². The van der Waals surface area contributed by atoms with Crippen LogP contribution < -0.4 is 5.32 Å². The lowest BCUT2D eigenvalue weighted by molar-refractivity contribution is -0.147. The van der Waals surface area contributed by atoms with Gasteiger partial charge in [0.05, 0.1) is 5.41 Å². The number of hydrogen-bond donors (Lipinski definition) is 2. The summed E-state index contributed by atoms with van der Waals surface area (Å²) >= 11 is 0. The third kappa shape index (κ3) is 3.59. The van der Waals surface area contributed by atoms with Crippen LogP contribution in [0.15, 0.2) is 18.3 Å². The Morgan fingerprint density at radius 1 is 1.42 bits per heavy atom. The first kappa shape index (κ1) is 15.3. The quantitative estimate of drug-likeness (QED) is 0.794. The van der Waals surface area contributed by atoms with Gasteiger partial charge in [0.25, 0.3) is 5.91 Å². The van der Waals surface area contributed by atoms with E-state index < -0.39 is 11.4 Å². The lowest BCUT2D eigenvalue weighted by Crippen LogP contribution is -2.41. The molecule has 0 bridgehead atoms. The molecule has 0 aliphatic rings. The number of nitrogens with zero attached hydrogens (tertiary/aromatic N) is 1. The van der Waals surface area contributed by atoms with Crippen LogP contribution in [0.3, 0.4) is 0 Å². The molecular weight excluding hydrogens is 244 g/mol. The van der Waals surface area contributed by atoms with Crippen molar-refractivity contribution in [1.29, 1.82) is 0 Å². The lowest BCUT2D eigenvalue weighted by Gasteiger charge is -2.23. The highest BCUT2D eigenvalue weighted by molar-refractivity contribution is 5.93. The molecule has 0 saturated carbocycles. The molecule has 0 aliphatic heterocycles. The molecule has 1 atom stereocenters. The second-order valence-electron chi connectivity index (χ2n) is 4.99. The first-order chi connectivity index (χ1) is 8.94. The second kappa shape index (κ2) is 6.41. The summed E-state index contributed by atoms with van der Waals surface area (Å²) in [6.07, 6.45) is 3.27. The molecule has 1 unspecified atom stereocenters. The fraction of sp³-hybridized carbons (Fsp3) is 0.571. The Morgan fingerprint density at radius 3 is 2.63 bits per heavy atom. The predicted molar refractivity (Wildman–Crippen MR) is 73.1 cm³/mol. The number of aryl methyl sites for hydroxylation is 1. The van der Waals surface area contributed by atoms with Crippen LogP contribution in [0.5, 0.6) is 0 Å². The van der Waals surface area contributed by atoms with Crippen molar-refractivity contribution in [2.75, 3.05) is 6.54 Å². The summed E-state index contributed by atoms with van der Waals surface area (Å²) in [5.74, 6) is -1.11. The van der Waals surface area contributed by atoms with Crippen LogP contribution in [-0.4, -0.2) is 28.1 Å². The fourth-order valence-corrected chi connectivity index (χ4v) is 1.77. The third-order valence-corrected chi connectivity index (χ3v) is 3.46. The molecule has 0 radical (unpaired) electrons. The summed E-state index contributed by atoms with van der Waals surface area (Å²) < 4.78 is 1.87. The van der Waals surface area contributed by atoms with E-state index in [0.717, 1.165) is 13.0 Å². The largest absolute Gasteiger partial charge is 0.481 e. The van der Waals surface area contributed by atoms with Gasteiger partial charge in [-0.05, 0) is 31.9 Å². The number of amides is 1. The molecule has 1 heterocycles. The smallest absolute Gasteiger partial charge is 0.311 e. The SMILES string of the molecule is CCCn1cccc1C(=O)NCC(C)(CC)C(=O)O. The van der Waals surface area contributed by atoms with Crippen molar-refractivity contribution in [3.63, 3.8) is 0 Å². The van der Waals surface area contributed by atoms with E-state index in [1.165, 1.54) is 0 Å². The van der Waals surface area contributed by atoms with Gasteiger partial charge in [-0.1, -0.05) is 13.8 Å². The lowest BCUT2D eigenvalue weighted by atomic mass is 9.88. The number of carbonyl (C=O) groups is 2. The molecule has 106 valence electrons. The molecule has 1 aromatic rings. The number of aliphatic carboxylic acids is 1. The molecule has 1 amide bonds. The van der Waals surface area contributed by atoms with Crippen LogP contribution in [0.25, 0.3) is 0 Å². The van der Waals surface area contributed by atoms with Gasteiger partial charge in [0, 0.05) is 19.3 Å². The average Bonchev–Trinajstić information content (AvgIpc) is 2.84. The van der Waals surface area contributed by atoms with E-state index in [4.69, 9.17) is 5.11 Å². The molecule has 5 heteroatoms. The molecule has 0 aromatic carbocycles. The molecular formula is C14H22N2O3. The van der Waals surface area contributed by atoms with E-state index in [1.807, 2.05) is 23.8 Å². The Kier molecular flexibility index (Phi) is 5.15. The van der Waals surface area contributed by atoms with Crippen molar-refractivity contribution < 1.29 is 14.7 Å². The minimum Gasteiger partial charge on any atom is -0.481 e. The van der Waals surface area contributed by atoms with Gasteiger partial charge in [0.1, 0.15) is 5.69 Å². The van der Waals surface area contributed by atoms with Crippen molar-refractivity contribution in [2.45, 2.75) is 40.2 Å². The molecule has 19 heavy (non-hydrogen) atoms. The summed E-state index contributed by atoms with van der Waals surface area (Å²) in [4.78, 5) is 23.2. The molecule has 1 rings (SSSR count). The molecule has 2 N–H and O–H groups in total. The normalized spacial score (nSPS) is 13.8. The maximum absolute atomic E-state index is 12.1. The van der Waals surface area contributed by atoms with E-state index in [2.05, 4.69) is 5.32 Å². The zero-order chi connectivity index (χ0) is 14.5. The molecule has 0 spiro atoms. The monoisotopic (exact) mass is 266 g/mol. The van der Waals surface area contributed by atoms with Gasteiger partial charge in [0.2, 0.25) is 0 Å². The first-order valence-electron chi connectivity index (χ1n) is 6.61. The van der Waals surface area contributed by atoms with Crippen molar-refractivity contribution >= 4 is 11.9 Å². The van der Waals surface area contributed by atoms with E-state index in [9.17, 15) is 9.59 Å². The summed E-state index contributed by atoms with van der Waals surface area (Å²) in [5, 5.41) is 11.9. The Labute approximate surface area is 113 Å². The number of aromatic nitrogens is 1. The van der Waals surface area contributed by atoms with E-state index in [1.54, 1.807) is 19.9 Å². The molecule has 0 saturated heterocycles.